The fraction of sp³-hybridized carbons (Fsp3) is 1.00. The molecule has 1 aliphatic rings. The highest BCUT2D eigenvalue weighted by Crippen LogP contribution is 2.41. The fourth-order valence-electron chi connectivity index (χ4n) is 2.03. The molecule has 0 aromatic heterocycles. The van der Waals surface area contributed by atoms with Crippen LogP contribution in [-0.4, -0.2) is 11.7 Å². The largest absolute Gasteiger partial charge is 0.396 e. The molecule has 2 unspecified atom stereocenters. The number of rotatable bonds is 1. The number of hydrogen-bond acceptors (Lipinski definition) is 1. The Hall–Kier alpha value is -0.0400. The Morgan fingerprint density at radius 2 is 1.91 bits per heavy atom. The number of aliphatic hydroxyl groups excluding tert-OH is 1. The molecule has 1 N–H and O–H groups in total. The van der Waals surface area contributed by atoms with Crippen molar-refractivity contribution >= 4 is 0 Å². The molecule has 1 rings (SSSR count). The van der Waals surface area contributed by atoms with Crippen LogP contribution >= 0.6 is 0 Å². The van der Waals surface area contributed by atoms with Crippen LogP contribution in [0, 0.1) is 17.3 Å². The quantitative estimate of drug-likeness (QED) is 0.618. The highest BCUT2D eigenvalue weighted by molar-refractivity contribution is 4.82. The van der Waals surface area contributed by atoms with Gasteiger partial charge in [0.05, 0.1) is 0 Å². The second kappa shape index (κ2) is 3.14. The molecule has 0 radical (unpaired) electrons. The maximum Gasteiger partial charge on any atom is 0.0459 e. The first-order valence-electron chi connectivity index (χ1n) is 4.65. The lowest BCUT2D eigenvalue weighted by Crippen LogP contribution is -2.17. The smallest absolute Gasteiger partial charge is 0.0459 e. The molecule has 11 heavy (non-hydrogen) atoms. The van der Waals surface area contributed by atoms with Crippen molar-refractivity contribution in [3.05, 3.63) is 0 Å². The SMILES string of the molecule is CC(C)(C)C1CCC(CO)C1. The first-order valence-corrected chi connectivity index (χ1v) is 4.65. The van der Waals surface area contributed by atoms with E-state index in [0.29, 0.717) is 17.9 Å². The molecular weight excluding hydrogens is 136 g/mol. The highest BCUT2D eigenvalue weighted by Gasteiger charge is 2.32. The molecule has 0 aliphatic heterocycles. The minimum Gasteiger partial charge on any atom is -0.396 e. The minimum absolute atomic E-state index is 0.395. The van der Waals surface area contributed by atoms with Gasteiger partial charge in [-0.1, -0.05) is 20.8 Å². The maximum absolute atomic E-state index is 8.95. The molecule has 2 atom stereocenters. The summed E-state index contributed by atoms with van der Waals surface area (Å²) in [5, 5.41) is 8.95. The van der Waals surface area contributed by atoms with Crippen molar-refractivity contribution in [3.8, 4) is 0 Å². The van der Waals surface area contributed by atoms with Crippen LogP contribution < -0.4 is 0 Å². The van der Waals surface area contributed by atoms with E-state index in [1.54, 1.807) is 0 Å². The Bertz CT molecular complexity index is 123. The molecule has 0 bridgehead atoms. The molecule has 1 aliphatic carbocycles. The summed E-state index contributed by atoms with van der Waals surface area (Å²) in [6, 6.07) is 0. The van der Waals surface area contributed by atoms with Crippen LogP contribution in [0.2, 0.25) is 0 Å². The van der Waals surface area contributed by atoms with Gasteiger partial charge in [0.25, 0.3) is 0 Å². The topological polar surface area (TPSA) is 20.2 Å². The van der Waals surface area contributed by atoms with Gasteiger partial charge in [0.1, 0.15) is 0 Å². The fourth-order valence-corrected chi connectivity index (χ4v) is 2.03. The second-order valence-electron chi connectivity index (χ2n) is 4.92. The Morgan fingerprint density at radius 3 is 2.18 bits per heavy atom. The van der Waals surface area contributed by atoms with E-state index in [0.717, 1.165) is 5.92 Å². The van der Waals surface area contributed by atoms with Crippen LogP contribution in [0.5, 0.6) is 0 Å². The molecule has 0 amide bonds. The van der Waals surface area contributed by atoms with Gasteiger partial charge in [0.15, 0.2) is 0 Å². The summed E-state index contributed by atoms with van der Waals surface area (Å²) in [7, 11) is 0. The van der Waals surface area contributed by atoms with Crippen molar-refractivity contribution < 1.29 is 5.11 Å². The zero-order valence-corrected chi connectivity index (χ0v) is 7.93. The predicted octanol–water partition coefficient (Wildman–Crippen LogP) is 2.44. The lowest BCUT2D eigenvalue weighted by molar-refractivity contribution is 0.201. The van der Waals surface area contributed by atoms with Gasteiger partial charge in [0, 0.05) is 6.61 Å². The minimum atomic E-state index is 0.395. The molecule has 0 aromatic carbocycles. The van der Waals surface area contributed by atoms with E-state index >= 15 is 0 Å². The summed E-state index contributed by atoms with van der Waals surface area (Å²) in [5.74, 6) is 1.43. The van der Waals surface area contributed by atoms with E-state index in [1.165, 1.54) is 19.3 Å². The molecular formula is C10H20O. The van der Waals surface area contributed by atoms with Crippen molar-refractivity contribution in [2.24, 2.45) is 17.3 Å². The summed E-state index contributed by atoms with van der Waals surface area (Å²) in [4.78, 5) is 0. The zero-order chi connectivity index (χ0) is 8.48. The zero-order valence-electron chi connectivity index (χ0n) is 7.93. The Balaban J connectivity index is 2.42. The first-order chi connectivity index (χ1) is 5.04. The summed E-state index contributed by atoms with van der Waals surface area (Å²) in [6.07, 6.45) is 3.78. The lowest BCUT2D eigenvalue weighted by Gasteiger charge is -2.26. The molecule has 0 spiro atoms. The van der Waals surface area contributed by atoms with Crippen LogP contribution in [-0.2, 0) is 0 Å². The van der Waals surface area contributed by atoms with Gasteiger partial charge in [-0.25, -0.2) is 0 Å². The van der Waals surface area contributed by atoms with Gasteiger partial charge < -0.3 is 5.11 Å². The Labute approximate surface area is 69.8 Å². The summed E-state index contributed by atoms with van der Waals surface area (Å²) in [6.45, 7) is 7.30. The van der Waals surface area contributed by atoms with Crippen molar-refractivity contribution in [3.63, 3.8) is 0 Å². The van der Waals surface area contributed by atoms with Crippen LogP contribution in [0.3, 0.4) is 0 Å². The van der Waals surface area contributed by atoms with Gasteiger partial charge in [-0.2, -0.15) is 0 Å². The van der Waals surface area contributed by atoms with Gasteiger partial charge in [0.2, 0.25) is 0 Å². The molecule has 0 heterocycles. The van der Waals surface area contributed by atoms with Crippen LogP contribution in [0.15, 0.2) is 0 Å². The third-order valence-electron chi connectivity index (χ3n) is 3.02. The average Bonchev–Trinajstić information content (AvgIpc) is 2.32. The lowest BCUT2D eigenvalue weighted by atomic mass is 9.79. The van der Waals surface area contributed by atoms with Gasteiger partial charge in [-0.15, -0.1) is 0 Å². The van der Waals surface area contributed by atoms with Crippen molar-refractivity contribution in [2.75, 3.05) is 6.61 Å². The van der Waals surface area contributed by atoms with Crippen molar-refractivity contribution in [2.45, 2.75) is 40.0 Å². The van der Waals surface area contributed by atoms with Crippen molar-refractivity contribution in [1.29, 1.82) is 0 Å². The molecule has 66 valence electrons. The predicted molar refractivity (Wildman–Crippen MR) is 47.4 cm³/mol. The molecule has 1 fully saturated rings. The van der Waals surface area contributed by atoms with Gasteiger partial charge in [-0.05, 0) is 36.5 Å². The monoisotopic (exact) mass is 156 g/mol. The number of hydrogen-bond donors (Lipinski definition) is 1. The van der Waals surface area contributed by atoms with E-state index in [-0.39, 0.29) is 0 Å². The third kappa shape index (κ3) is 2.19. The van der Waals surface area contributed by atoms with E-state index in [1.807, 2.05) is 0 Å². The van der Waals surface area contributed by atoms with Gasteiger partial charge >= 0.3 is 0 Å². The van der Waals surface area contributed by atoms with Crippen LogP contribution in [0.1, 0.15) is 40.0 Å². The van der Waals surface area contributed by atoms with Crippen LogP contribution in [0.25, 0.3) is 0 Å². The van der Waals surface area contributed by atoms with Crippen LogP contribution in [0.4, 0.5) is 0 Å². The van der Waals surface area contributed by atoms with E-state index in [9.17, 15) is 0 Å². The molecule has 1 nitrogen and oxygen atoms in total. The summed E-state index contributed by atoms with van der Waals surface area (Å²) in [5.41, 5.74) is 0.448. The standard InChI is InChI=1S/C10H20O/c1-10(2,3)9-5-4-8(6-9)7-11/h8-9,11H,4-7H2,1-3H3. The summed E-state index contributed by atoms with van der Waals surface area (Å²) >= 11 is 0. The molecule has 0 saturated heterocycles. The molecule has 0 aromatic rings. The van der Waals surface area contributed by atoms with Crippen molar-refractivity contribution in [1.82, 2.24) is 0 Å². The number of aliphatic hydroxyl groups is 1. The second-order valence-corrected chi connectivity index (χ2v) is 4.92. The third-order valence-corrected chi connectivity index (χ3v) is 3.02. The highest BCUT2D eigenvalue weighted by atomic mass is 16.3. The first kappa shape index (κ1) is 9.05. The Kier molecular flexibility index (Phi) is 2.58. The maximum atomic E-state index is 8.95. The normalized spacial score (nSPS) is 32.7. The summed E-state index contributed by atoms with van der Waals surface area (Å²) < 4.78 is 0. The van der Waals surface area contributed by atoms with Gasteiger partial charge in [-0.3, -0.25) is 0 Å². The molecule has 1 heteroatoms. The molecule has 1 saturated carbocycles. The van der Waals surface area contributed by atoms with E-state index < -0.39 is 0 Å². The van der Waals surface area contributed by atoms with E-state index in [2.05, 4.69) is 20.8 Å². The average molecular weight is 156 g/mol. The van der Waals surface area contributed by atoms with E-state index in [4.69, 9.17) is 5.11 Å². The Morgan fingerprint density at radius 1 is 1.27 bits per heavy atom.